The summed E-state index contributed by atoms with van der Waals surface area (Å²) in [5.41, 5.74) is 2.08. The highest BCUT2D eigenvalue weighted by atomic mass is 16.5. The van der Waals surface area contributed by atoms with Gasteiger partial charge in [-0.2, -0.15) is 0 Å². The Balaban J connectivity index is 1.48. The maximum Gasteiger partial charge on any atom is 0.343 e. The molecule has 0 bridgehead atoms. The largest absolute Gasteiger partial charge is 0.497 e. The monoisotopic (exact) mass is 456 g/mol. The van der Waals surface area contributed by atoms with Crippen molar-refractivity contribution in [3.63, 3.8) is 0 Å². The van der Waals surface area contributed by atoms with Gasteiger partial charge in [-0.05, 0) is 72.8 Å². The first-order valence-corrected chi connectivity index (χ1v) is 10.6. The Labute approximate surface area is 198 Å². The molecule has 0 atom stereocenters. The summed E-state index contributed by atoms with van der Waals surface area (Å²) in [6.45, 7) is 3.96. The molecule has 0 N–H and O–H groups in total. The smallest absolute Gasteiger partial charge is 0.343 e. The first-order valence-electron chi connectivity index (χ1n) is 10.6. The van der Waals surface area contributed by atoms with Crippen LogP contribution in [0.25, 0.3) is 0 Å². The average Bonchev–Trinajstić information content (AvgIpc) is 2.88. The Kier molecular flexibility index (Phi) is 8.89. The number of carbonyl (C=O) groups is 2. The van der Waals surface area contributed by atoms with Gasteiger partial charge < -0.3 is 18.9 Å². The summed E-state index contributed by atoms with van der Waals surface area (Å²) < 4.78 is 21.0. The molecule has 6 heteroatoms. The first-order chi connectivity index (χ1) is 16.6. The summed E-state index contributed by atoms with van der Waals surface area (Å²) in [5, 5.41) is 0. The van der Waals surface area contributed by atoms with Crippen molar-refractivity contribution < 1.29 is 28.5 Å². The van der Waals surface area contributed by atoms with E-state index in [4.69, 9.17) is 18.9 Å². The van der Waals surface area contributed by atoms with Crippen LogP contribution in [-0.2, 0) is 9.53 Å². The number of esters is 2. The number of carbonyl (C=O) groups excluding carboxylic acids is 2. The Hall–Kier alpha value is -4.50. The van der Waals surface area contributed by atoms with Crippen molar-refractivity contribution >= 4 is 11.9 Å². The van der Waals surface area contributed by atoms with Gasteiger partial charge in [-0.25, -0.2) is 9.59 Å². The van der Waals surface area contributed by atoms with Crippen LogP contribution in [0.4, 0.5) is 0 Å². The number of benzene rings is 3. The second-order valence-corrected chi connectivity index (χ2v) is 6.99. The first kappa shape index (κ1) is 24.1. The predicted octanol–water partition coefficient (Wildman–Crippen LogP) is 4.81. The van der Waals surface area contributed by atoms with Crippen LogP contribution in [0.3, 0.4) is 0 Å². The number of hydrogen-bond donors (Lipinski definition) is 0. The van der Waals surface area contributed by atoms with Crippen LogP contribution in [-0.4, -0.2) is 32.3 Å². The normalized spacial score (nSPS) is 9.79. The lowest BCUT2D eigenvalue weighted by molar-refractivity contribution is -0.137. The van der Waals surface area contributed by atoms with Crippen LogP contribution in [0.1, 0.15) is 27.9 Å². The molecule has 3 aromatic rings. The van der Waals surface area contributed by atoms with Gasteiger partial charge in [-0.3, -0.25) is 0 Å². The molecular weight excluding hydrogens is 432 g/mol. The quantitative estimate of drug-likeness (QED) is 0.151. The van der Waals surface area contributed by atoms with E-state index in [1.54, 1.807) is 55.6 Å². The maximum atomic E-state index is 12.4. The summed E-state index contributed by atoms with van der Waals surface area (Å²) in [4.78, 5) is 23.4. The minimum atomic E-state index is -0.472. The predicted molar refractivity (Wildman–Crippen MR) is 128 cm³/mol. The summed E-state index contributed by atoms with van der Waals surface area (Å²) in [6, 6.07) is 21.1. The third-order valence-electron chi connectivity index (χ3n) is 4.56. The summed E-state index contributed by atoms with van der Waals surface area (Å²) in [6.07, 6.45) is 1.66. The highest BCUT2D eigenvalue weighted by Gasteiger charge is 2.09. The van der Waals surface area contributed by atoms with E-state index >= 15 is 0 Å². The minimum absolute atomic E-state index is 0.251. The van der Waals surface area contributed by atoms with Gasteiger partial charge in [0.15, 0.2) is 0 Å². The molecule has 172 valence electrons. The van der Waals surface area contributed by atoms with Crippen LogP contribution in [0.15, 0.2) is 85.5 Å². The molecule has 6 nitrogen and oxygen atoms in total. The second-order valence-electron chi connectivity index (χ2n) is 6.99. The Morgan fingerprint density at radius 3 is 1.91 bits per heavy atom. The van der Waals surface area contributed by atoms with Gasteiger partial charge in [0.1, 0.15) is 17.2 Å². The highest BCUT2D eigenvalue weighted by molar-refractivity contribution is 5.91. The highest BCUT2D eigenvalue weighted by Crippen LogP contribution is 2.17. The molecule has 0 saturated carbocycles. The lowest BCUT2D eigenvalue weighted by atomic mass is 10.1. The SMILES string of the molecule is C=CC(=O)OCCCOc1ccc(C(=O)Oc2ccc(C#Cc3ccc(OC)cc3)cc2)cc1. The van der Waals surface area contributed by atoms with Gasteiger partial charge in [-0.1, -0.05) is 18.4 Å². The molecular formula is C28H24O6. The van der Waals surface area contributed by atoms with E-state index in [0.717, 1.165) is 23.0 Å². The molecule has 0 unspecified atom stereocenters. The summed E-state index contributed by atoms with van der Waals surface area (Å²) in [5.74, 6) is 7.03. The zero-order valence-electron chi connectivity index (χ0n) is 18.8. The van der Waals surface area contributed by atoms with Gasteiger partial charge in [0.25, 0.3) is 0 Å². The minimum Gasteiger partial charge on any atom is -0.497 e. The third-order valence-corrected chi connectivity index (χ3v) is 4.56. The van der Waals surface area contributed by atoms with E-state index in [9.17, 15) is 9.59 Å². The average molecular weight is 456 g/mol. The summed E-state index contributed by atoms with van der Waals surface area (Å²) >= 11 is 0. The van der Waals surface area contributed by atoms with Gasteiger partial charge >= 0.3 is 11.9 Å². The van der Waals surface area contributed by atoms with Gasteiger partial charge in [0.2, 0.25) is 0 Å². The molecule has 0 fully saturated rings. The molecule has 3 rings (SSSR count). The fourth-order valence-electron chi connectivity index (χ4n) is 2.76. The van der Waals surface area contributed by atoms with Crippen molar-refractivity contribution in [2.75, 3.05) is 20.3 Å². The van der Waals surface area contributed by atoms with Crippen molar-refractivity contribution in [1.82, 2.24) is 0 Å². The Morgan fingerprint density at radius 2 is 1.35 bits per heavy atom. The standard InChI is InChI=1S/C28H24O6/c1-3-27(29)33-20-4-19-32-25-17-11-23(12-18-25)28(30)34-26-15-9-22(10-16-26)6-5-21-7-13-24(31-2)14-8-21/h3,7-18H,1,4,19-20H2,2H3. The van der Waals surface area contributed by atoms with E-state index < -0.39 is 11.9 Å². The third kappa shape index (κ3) is 7.57. The van der Waals surface area contributed by atoms with Crippen molar-refractivity contribution in [3.05, 3.63) is 102 Å². The Bertz CT molecular complexity index is 1170. The van der Waals surface area contributed by atoms with Crippen molar-refractivity contribution in [2.24, 2.45) is 0 Å². The lowest BCUT2D eigenvalue weighted by Gasteiger charge is -2.08. The van der Waals surface area contributed by atoms with Gasteiger partial charge in [0.05, 0.1) is 25.9 Å². The van der Waals surface area contributed by atoms with Crippen LogP contribution < -0.4 is 14.2 Å². The van der Waals surface area contributed by atoms with E-state index in [1.807, 2.05) is 24.3 Å². The number of hydrogen-bond acceptors (Lipinski definition) is 6. The van der Waals surface area contributed by atoms with Gasteiger partial charge in [-0.15, -0.1) is 0 Å². The second kappa shape index (κ2) is 12.5. The fraction of sp³-hybridized carbons (Fsp3) is 0.143. The van der Waals surface area contributed by atoms with E-state index in [1.165, 1.54) is 0 Å². The zero-order chi connectivity index (χ0) is 24.2. The van der Waals surface area contributed by atoms with Gasteiger partial charge in [0, 0.05) is 23.6 Å². The van der Waals surface area contributed by atoms with E-state index in [2.05, 4.69) is 18.4 Å². The number of rotatable bonds is 9. The van der Waals surface area contributed by atoms with E-state index in [0.29, 0.717) is 30.1 Å². The fourth-order valence-corrected chi connectivity index (χ4v) is 2.76. The number of ether oxygens (including phenoxy) is 4. The number of methoxy groups -OCH3 is 1. The lowest BCUT2D eigenvalue weighted by Crippen LogP contribution is -2.09. The molecule has 0 amide bonds. The van der Waals surface area contributed by atoms with Crippen LogP contribution in [0.2, 0.25) is 0 Å². The molecule has 0 aromatic heterocycles. The van der Waals surface area contributed by atoms with Crippen molar-refractivity contribution in [2.45, 2.75) is 6.42 Å². The molecule has 3 aromatic carbocycles. The van der Waals surface area contributed by atoms with Crippen LogP contribution in [0.5, 0.6) is 17.2 Å². The molecule has 0 aliphatic heterocycles. The molecule has 34 heavy (non-hydrogen) atoms. The molecule has 0 heterocycles. The molecule has 0 radical (unpaired) electrons. The van der Waals surface area contributed by atoms with Crippen LogP contribution >= 0.6 is 0 Å². The summed E-state index contributed by atoms with van der Waals surface area (Å²) in [7, 11) is 1.62. The topological polar surface area (TPSA) is 71.1 Å². The maximum absolute atomic E-state index is 12.4. The molecule has 0 aliphatic carbocycles. The van der Waals surface area contributed by atoms with E-state index in [-0.39, 0.29) is 6.61 Å². The van der Waals surface area contributed by atoms with Crippen molar-refractivity contribution in [3.8, 4) is 29.1 Å². The van der Waals surface area contributed by atoms with Crippen LogP contribution in [0, 0.1) is 11.8 Å². The molecule has 0 spiro atoms. The zero-order valence-corrected chi connectivity index (χ0v) is 18.8. The molecule has 0 aliphatic rings. The molecule has 0 saturated heterocycles. The van der Waals surface area contributed by atoms with Crippen molar-refractivity contribution in [1.29, 1.82) is 0 Å². The Morgan fingerprint density at radius 1 is 0.794 bits per heavy atom.